The molecule has 1 rings (SSSR count). The number of aryl methyl sites for hydroxylation is 2. The van der Waals surface area contributed by atoms with Gasteiger partial charge in [0.1, 0.15) is 0 Å². The summed E-state index contributed by atoms with van der Waals surface area (Å²) in [5.41, 5.74) is 1.28. The van der Waals surface area contributed by atoms with E-state index in [0.29, 0.717) is 0 Å². The molecule has 92 valence electrons. The second kappa shape index (κ2) is 8.37. The van der Waals surface area contributed by atoms with Gasteiger partial charge in [-0.1, -0.05) is 51.9 Å². The summed E-state index contributed by atoms with van der Waals surface area (Å²) in [4.78, 5) is 0. The lowest BCUT2D eigenvalue weighted by molar-refractivity contribution is 0.513. The molecule has 0 aromatic carbocycles. The molecule has 1 aromatic rings. The van der Waals surface area contributed by atoms with E-state index in [9.17, 15) is 0 Å². The van der Waals surface area contributed by atoms with E-state index in [-0.39, 0.29) is 0 Å². The average molecular weight is 222 g/mol. The Morgan fingerprint density at radius 1 is 1.00 bits per heavy atom. The van der Waals surface area contributed by atoms with Gasteiger partial charge in [-0.3, -0.25) is 4.68 Å². The standard InChI is InChI=1S/C14H26N2/c1-3-4-5-6-7-8-9-10-13-16-14(2)11-12-15-16/h11-12H,3-10,13H2,1-2H3. The van der Waals surface area contributed by atoms with Crippen LogP contribution in [-0.4, -0.2) is 9.78 Å². The molecular weight excluding hydrogens is 196 g/mol. The molecule has 0 aliphatic carbocycles. The molecule has 0 spiro atoms. The van der Waals surface area contributed by atoms with Crippen LogP contribution in [0.4, 0.5) is 0 Å². The van der Waals surface area contributed by atoms with Gasteiger partial charge < -0.3 is 0 Å². The fraction of sp³-hybridized carbons (Fsp3) is 0.786. The zero-order chi connectivity index (χ0) is 11.6. The SMILES string of the molecule is CCCCCCCCCCn1nccc1C. The summed E-state index contributed by atoms with van der Waals surface area (Å²) in [5, 5.41) is 4.29. The maximum atomic E-state index is 4.29. The van der Waals surface area contributed by atoms with Crippen LogP contribution in [0, 0.1) is 6.92 Å². The molecule has 0 unspecified atom stereocenters. The van der Waals surface area contributed by atoms with Gasteiger partial charge in [-0.15, -0.1) is 0 Å². The van der Waals surface area contributed by atoms with Gasteiger partial charge in [-0.25, -0.2) is 0 Å². The lowest BCUT2D eigenvalue weighted by Crippen LogP contribution is -2.01. The van der Waals surface area contributed by atoms with Gasteiger partial charge >= 0.3 is 0 Å². The summed E-state index contributed by atoms with van der Waals surface area (Å²) >= 11 is 0. The van der Waals surface area contributed by atoms with Crippen molar-refractivity contribution in [1.82, 2.24) is 9.78 Å². The number of rotatable bonds is 9. The number of hydrogen-bond donors (Lipinski definition) is 0. The molecule has 2 heteroatoms. The summed E-state index contributed by atoms with van der Waals surface area (Å²) in [7, 11) is 0. The Kier molecular flexibility index (Phi) is 6.95. The van der Waals surface area contributed by atoms with Gasteiger partial charge in [0.05, 0.1) is 0 Å². The van der Waals surface area contributed by atoms with Gasteiger partial charge in [-0.05, 0) is 19.4 Å². The second-order valence-corrected chi connectivity index (χ2v) is 4.67. The lowest BCUT2D eigenvalue weighted by Gasteiger charge is -2.04. The molecule has 2 nitrogen and oxygen atoms in total. The first-order valence-corrected chi connectivity index (χ1v) is 6.83. The Morgan fingerprint density at radius 2 is 1.62 bits per heavy atom. The summed E-state index contributed by atoms with van der Waals surface area (Å²) in [6, 6.07) is 2.07. The van der Waals surface area contributed by atoms with Crippen LogP contribution >= 0.6 is 0 Å². The highest BCUT2D eigenvalue weighted by atomic mass is 15.3. The molecule has 0 aliphatic heterocycles. The molecule has 0 atom stereocenters. The summed E-state index contributed by atoms with van der Waals surface area (Å²) in [5.74, 6) is 0. The van der Waals surface area contributed by atoms with Crippen LogP contribution in [0.2, 0.25) is 0 Å². The van der Waals surface area contributed by atoms with E-state index >= 15 is 0 Å². The van der Waals surface area contributed by atoms with E-state index in [1.54, 1.807) is 0 Å². The third-order valence-corrected chi connectivity index (χ3v) is 3.15. The van der Waals surface area contributed by atoms with E-state index in [4.69, 9.17) is 0 Å². The molecule has 0 saturated carbocycles. The first-order chi connectivity index (χ1) is 7.84. The summed E-state index contributed by atoms with van der Waals surface area (Å²) in [6.45, 7) is 5.48. The zero-order valence-corrected chi connectivity index (χ0v) is 10.9. The molecule has 0 radical (unpaired) electrons. The molecule has 16 heavy (non-hydrogen) atoms. The maximum Gasteiger partial charge on any atom is 0.0492 e. The quantitative estimate of drug-likeness (QED) is 0.569. The highest BCUT2D eigenvalue weighted by Crippen LogP contribution is 2.09. The minimum absolute atomic E-state index is 1.09. The molecule has 1 heterocycles. The second-order valence-electron chi connectivity index (χ2n) is 4.67. The first-order valence-electron chi connectivity index (χ1n) is 6.83. The topological polar surface area (TPSA) is 17.8 Å². The molecule has 1 aromatic heterocycles. The van der Waals surface area contributed by atoms with Gasteiger partial charge in [0.2, 0.25) is 0 Å². The van der Waals surface area contributed by atoms with Crippen molar-refractivity contribution in [1.29, 1.82) is 0 Å². The van der Waals surface area contributed by atoms with Crippen molar-refractivity contribution in [2.45, 2.75) is 71.8 Å². The highest BCUT2D eigenvalue weighted by Gasteiger charge is 1.96. The van der Waals surface area contributed by atoms with Gasteiger partial charge in [0.25, 0.3) is 0 Å². The van der Waals surface area contributed by atoms with Crippen LogP contribution in [0.25, 0.3) is 0 Å². The van der Waals surface area contributed by atoms with Crippen LogP contribution in [0.1, 0.15) is 64.0 Å². The van der Waals surface area contributed by atoms with E-state index in [1.165, 1.54) is 57.1 Å². The molecule has 0 bridgehead atoms. The number of unbranched alkanes of at least 4 members (excludes halogenated alkanes) is 7. The predicted octanol–water partition coefficient (Wildman–Crippen LogP) is 4.33. The fourth-order valence-electron chi connectivity index (χ4n) is 2.03. The number of hydrogen-bond acceptors (Lipinski definition) is 1. The number of aromatic nitrogens is 2. The van der Waals surface area contributed by atoms with Crippen LogP contribution in [-0.2, 0) is 6.54 Å². The molecule has 0 amide bonds. The fourth-order valence-corrected chi connectivity index (χ4v) is 2.03. The van der Waals surface area contributed by atoms with Gasteiger partial charge in [0.15, 0.2) is 0 Å². The van der Waals surface area contributed by atoms with Crippen molar-refractivity contribution in [3.05, 3.63) is 18.0 Å². The largest absolute Gasteiger partial charge is 0.270 e. The van der Waals surface area contributed by atoms with E-state index < -0.39 is 0 Å². The van der Waals surface area contributed by atoms with E-state index in [0.717, 1.165) is 6.54 Å². The summed E-state index contributed by atoms with van der Waals surface area (Å²) in [6.07, 6.45) is 12.9. The lowest BCUT2D eigenvalue weighted by atomic mass is 10.1. The Balaban J connectivity index is 1.91. The smallest absolute Gasteiger partial charge is 0.0492 e. The van der Waals surface area contributed by atoms with E-state index in [2.05, 4.69) is 29.7 Å². The molecule has 0 fully saturated rings. The molecule has 0 aliphatic rings. The van der Waals surface area contributed by atoms with Crippen molar-refractivity contribution in [3.8, 4) is 0 Å². The first kappa shape index (κ1) is 13.3. The van der Waals surface area contributed by atoms with Gasteiger partial charge in [0, 0.05) is 18.4 Å². The minimum atomic E-state index is 1.09. The highest BCUT2D eigenvalue weighted by molar-refractivity contribution is 4.96. The van der Waals surface area contributed by atoms with Crippen molar-refractivity contribution >= 4 is 0 Å². The maximum absolute atomic E-state index is 4.29. The summed E-state index contributed by atoms with van der Waals surface area (Å²) < 4.78 is 2.11. The molecular formula is C14H26N2. The third-order valence-electron chi connectivity index (χ3n) is 3.15. The monoisotopic (exact) mass is 222 g/mol. The predicted molar refractivity (Wildman–Crippen MR) is 69.6 cm³/mol. The third kappa shape index (κ3) is 5.34. The zero-order valence-electron chi connectivity index (χ0n) is 10.9. The minimum Gasteiger partial charge on any atom is -0.270 e. The van der Waals surface area contributed by atoms with Gasteiger partial charge in [-0.2, -0.15) is 5.10 Å². The van der Waals surface area contributed by atoms with Crippen LogP contribution < -0.4 is 0 Å². The van der Waals surface area contributed by atoms with E-state index in [1.807, 2.05) is 6.20 Å². The normalized spacial score (nSPS) is 10.9. The van der Waals surface area contributed by atoms with Crippen LogP contribution in [0.15, 0.2) is 12.3 Å². The van der Waals surface area contributed by atoms with Crippen LogP contribution in [0.5, 0.6) is 0 Å². The Morgan fingerprint density at radius 3 is 2.19 bits per heavy atom. The Labute approximate surface area is 100 Å². The Bertz CT molecular complexity index is 265. The van der Waals surface area contributed by atoms with Crippen molar-refractivity contribution in [2.75, 3.05) is 0 Å². The molecule has 0 saturated heterocycles. The molecule has 0 N–H and O–H groups in total. The average Bonchev–Trinajstić information content (AvgIpc) is 2.68. The number of nitrogens with zero attached hydrogens (tertiary/aromatic N) is 2. The Hall–Kier alpha value is -0.790. The van der Waals surface area contributed by atoms with Crippen molar-refractivity contribution in [2.24, 2.45) is 0 Å². The van der Waals surface area contributed by atoms with Crippen molar-refractivity contribution in [3.63, 3.8) is 0 Å². The van der Waals surface area contributed by atoms with Crippen LogP contribution in [0.3, 0.4) is 0 Å². The van der Waals surface area contributed by atoms with Crippen molar-refractivity contribution < 1.29 is 0 Å².